The third kappa shape index (κ3) is 4.51. The zero-order valence-corrected chi connectivity index (χ0v) is 12.1. The van der Waals surface area contributed by atoms with Gasteiger partial charge in [0.15, 0.2) is 0 Å². The predicted octanol–water partition coefficient (Wildman–Crippen LogP) is 3.87. The Morgan fingerprint density at radius 2 is 1.94 bits per heavy atom. The molecule has 0 atom stereocenters. The van der Waals surface area contributed by atoms with Gasteiger partial charge < -0.3 is 5.32 Å². The number of anilines is 1. The van der Waals surface area contributed by atoms with E-state index in [0.29, 0.717) is 6.04 Å². The molecule has 1 fully saturated rings. The van der Waals surface area contributed by atoms with E-state index in [9.17, 15) is 0 Å². The lowest BCUT2D eigenvalue weighted by molar-refractivity contribution is 0.221. The number of hydrogen-bond donors (Lipinski definition) is 1. The quantitative estimate of drug-likeness (QED) is 0.806. The molecule has 0 amide bonds. The first-order valence-electron chi connectivity index (χ1n) is 6.88. The first-order chi connectivity index (χ1) is 8.65. The van der Waals surface area contributed by atoms with E-state index < -0.39 is 0 Å². The van der Waals surface area contributed by atoms with Gasteiger partial charge in [-0.1, -0.05) is 11.6 Å². The Hall–Kier alpha value is -0.730. The maximum atomic E-state index is 5.87. The number of nitrogens with zero attached hydrogens (tertiary/aromatic N) is 1. The second-order valence-electron chi connectivity index (χ2n) is 5.47. The van der Waals surface area contributed by atoms with Crippen molar-refractivity contribution in [3.8, 4) is 0 Å². The Kier molecular flexibility index (Phi) is 4.90. The first kappa shape index (κ1) is 13.7. The number of rotatable bonds is 7. The van der Waals surface area contributed by atoms with Crippen molar-refractivity contribution < 1.29 is 0 Å². The van der Waals surface area contributed by atoms with Gasteiger partial charge in [0.1, 0.15) is 0 Å². The van der Waals surface area contributed by atoms with Gasteiger partial charge in [-0.15, -0.1) is 0 Å². The lowest BCUT2D eigenvalue weighted by Crippen LogP contribution is -2.36. The van der Waals surface area contributed by atoms with Crippen LogP contribution in [0.25, 0.3) is 0 Å². The topological polar surface area (TPSA) is 15.3 Å². The van der Waals surface area contributed by atoms with Crippen LogP contribution in [0.1, 0.15) is 26.7 Å². The summed E-state index contributed by atoms with van der Waals surface area (Å²) in [5.74, 6) is 0.961. The molecule has 1 aliphatic rings. The van der Waals surface area contributed by atoms with Crippen molar-refractivity contribution in [2.75, 3.05) is 25.0 Å². The zero-order chi connectivity index (χ0) is 13.0. The molecule has 1 aromatic rings. The van der Waals surface area contributed by atoms with Crippen molar-refractivity contribution in [3.05, 3.63) is 29.3 Å². The molecule has 100 valence electrons. The third-order valence-corrected chi connectivity index (χ3v) is 3.74. The molecular weight excluding hydrogens is 244 g/mol. The molecule has 0 heterocycles. The Balaban J connectivity index is 1.73. The van der Waals surface area contributed by atoms with Gasteiger partial charge in [-0.3, -0.25) is 4.90 Å². The lowest BCUT2D eigenvalue weighted by atomic mass is 10.2. The van der Waals surface area contributed by atoms with Gasteiger partial charge in [-0.05, 0) is 56.9 Å². The van der Waals surface area contributed by atoms with Crippen molar-refractivity contribution in [2.24, 2.45) is 5.92 Å². The van der Waals surface area contributed by atoms with E-state index in [4.69, 9.17) is 11.6 Å². The van der Waals surface area contributed by atoms with Crippen LogP contribution in [0.2, 0.25) is 5.02 Å². The molecule has 1 N–H and O–H groups in total. The minimum Gasteiger partial charge on any atom is -0.384 e. The Morgan fingerprint density at radius 3 is 2.50 bits per heavy atom. The van der Waals surface area contributed by atoms with Gasteiger partial charge in [0.2, 0.25) is 0 Å². The van der Waals surface area contributed by atoms with Crippen LogP contribution in [0.4, 0.5) is 5.69 Å². The fourth-order valence-corrected chi connectivity index (χ4v) is 2.23. The van der Waals surface area contributed by atoms with Crippen LogP contribution < -0.4 is 5.32 Å². The molecule has 0 saturated heterocycles. The molecule has 0 spiro atoms. The van der Waals surface area contributed by atoms with Crippen LogP contribution >= 0.6 is 11.6 Å². The van der Waals surface area contributed by atoms with Crippen molar-refractivity contribution in [1.29, 1.82) is 0 Å². The summed E-state index contributed by atoms with van der Waals surface area (Å²) in [5.41, 5.74) is 1.15. The summed E-state index contributed by atoms with van der Waals surface area (Å²) < 4.78 is 0. The van der Waals surface area contributed by atoms with Crippen LogP contribution in [0.3, 0.4) is 0 Å². The zero-order valence-electron chi connectivity index (χ0n) is 11.3. The number of benzene rings is 1. The fraction of sp³-hybridized carbons (Fsp3) is 0.600. The molecule has 1 aromatic carbocycles. The standard InChI is InChI=1S/C15H23ClN2/c1-12(2)18(11-13-3-4-13)10-9-17-15-7-5-14(16)6-8-15/h5-8,12-13,17H,3-4,9-11H2,1-2H3. The van der Waals surface area contributed by atoms with Gasteiger partial charge in [0.25, 0.3) is 0 Å². The summed E-state index contributed by atoms with van der Waals surface area (Å²) >= 11 is 5.87. The highest BCUT2D eigenvalue weighted by molar-refractivity contribution is 6.30. The molecule has 0 aliphatic heterocycles. The minimum absolute atomic E-state index is 0.637. The Bertz CT molecular complexity index is 357. The van der Waals surface area contributed by atoms with E-state index in [1.807, 2.05) is 24.3 Å². The molecule has 18 heavy (non-hydrogen) atoms. The maximum Gasteiger partial charge on any atom is 0.0407 e. The third-order valence-electron chi connectivity index (χ3n) is 3.49. The molecule has 3 heteroatoms. The molecule has 0 aromatic heterocycles. The Labute approximate surface area is 115 Å². The average Bonchev–Trinajstić information content (AvgIpc) is 3.14. The van der Waals surface area contributed by atoms with Gasteiger partial charge in [0, 0.05) is 36.4 Å². The minimum atomic E-state index is 0.637. The van der Waals surface area contributed by atoms with Gasteiger partial charge >= 0.3 is 0 Å². The fourth-order valence-electron chi connectivity index (χ4n) is 2.10. The summed E-state index contributed by atoms with van der Waals surface area (Å²) in [4.78, 5) is 2.57. The van der Waals surface area contributed by atoms with E-state index in [1.54, 1.807) is 0 Å². The first-order valence-corrected chi connectivity index (χ1v) is 7.26. The van der Waals surface area contributed by atoms with Gasteiger partial charge in [-0.25, -0.2) is 0 Å². The van der Waals surface area contributed by atoms with Crippen molar-refractivity contribution >= 4 is 17.3 Å². The van der Waals surface area contributed by atoms with Crippen LogP contribution in [-0.2, 0) is 0 Å². The highest BCUT2D eigenvalue weighted by Gasteiger charge is 2.24. The molecule has 1 saturated carbocycles. The summed E-state index contributed by atoms with van der Waals surface area (Å²) in [7, 11) is 0. The molecular formula is C15H23ClN2. The van der Waals surface area contributed by atoms with Crippen LogP contribution in [-0.4, -0.2) is 30.6 Å². The molecule has 0 bridgehead atoms. The predicted molar refractivity (Wildman–Crippen MR) is 79.4 cm³/mol. The normalized spacial score (nSPS) is 15.4. The summed E-state index contributed by atoms with van der Waals surface area (Å²) in [6, 6.07) is 8.55. The average molecular weight is 267 g/mol. The van der Waals surface area contributed by atoms with Crippen molar-refractivity contribution in [1.82, 2.24) is 4.90 Å². The molecule has 0 radical (unpaired) electrons. The maximum absolute atomic E-state index is 5.87. The highest BCUT2D eigenvalue weighted by Crippen LogP contribution is 2.30. The van der Waals surface area contributed by atoms with E-state index in [-0.39, 0.29) is 0 Å². The largest absolute Gasteiger partial charge is 0.384 e. The SMILES string of the molecule is CC(C)N(CCNc1ccc(Cl)cc1)CC1CC1. The number of halogens is 1. The van der Waals surface area contributed by atoms with Gasteiger partial charge in [0.05, 0.1) is 0 Å². The lowest BCUT2D eigenvalue weighted by Gasteiger charge is -2.26. The molecule has 0 unspecified atom stereocenters. The monoisotopic (exact) mass is 266 g/mol. The van der Waals surface area contributed by atoms with Crippen molar-refractivity contribution in [2.45, 2.75) is 32.7 Å². The smallest absolute Gasteiger partial charge is 0.0407 e. The number of nitrogens with one attached hydrogen (secondary N) is 1. The second-order valence-corrected chi connectivity index (χ2v) is 5.90. The van der Waals surface area contributed by atoms with E-state index in [1.165, 1.54) is 19.4 Å². The Morgan fingerprint density at radius 1 is 1.28 bits per heavy atom. The number of hydrogen-bond acceptors (Lipinski definition) is 2. The second kappa shape index (κ2) is 6.44. The molecule has 2 nitrogen and oxygen atoms in total. The van der Waals surface area contributed by atoms with E-state index in [0.717, 1.165) is 29.7 Å². The summed E-state index contributed by atoms with van der Waals surface area (Å²) in [5, 5.41) is 4.24. The van der Waals surface area contributed by atoms with Crippen molar-refractivity contribution in [3.63, 3.8) is 0 Å². The van der Waals surface area contributed by atoms with Gasteiger partial charge in [-0.2, -0.15) is 0 Å². The highest BCUT2D eigenvalue weighted by atomic mass is 35.5. The molecule has 1 aliphatic carbocycles. The summed E-state index contributed by atoms with van der Waals surface area (Å²) in [6.45, 7) is 7.93. The van der Waals surface area contributed by atoms with Crippen LogP contribution in [0.15, 0.2) is 24.3 Å². The molecule has 2 rings (SSSR count). The van der Waals surface area contributed by atoms with Crippen LogP contribution in [0, 0.1) is 5.92 Å². The van der Waals surface area contributed by atoms with E-state index in [2.05, 4.69) is 24.1 Å². The summed E-state index contributed by atoms with van der Waals surface area (Å²) in [6.07, 6.45) is 2.85. The van der Waals surface area contributed by atoms with E-state index >= 15 is 0 Å². The van der Waals surface area contributed by atoms with Crippen LogP contribution in [0.5, 0.6) is 0 Å².